The van der Waals surface area contributed by atoms with E-state index in [0.717, 1.165) is 17.9 Å². The van der Waals surface area contributed by atoms with Gasteiger partial charge in [-0.3, -0.25) is 14.4 Å². The Kier molecular flexibility index (Phi) is 8.19. The Morgan fingerprint density at radius 1 is 0.971 bits per heavy atom. The lowest BCUT2D eigenvalue weighted by Crippen LogP contribution is -2.35. The van der Waals surface area contributed by atoms with E-state index >= 15 is 0 Å². The summed E-state index contributed by atoms with van der Waals surface area (Å²) in [5.41, 5.74) is 2.59. The fourth-order valence-electron chi connectivity index (χ4n) is 3.79. The van der Waals surface area contributed by atoms with Crippen molar-refractivity contribution in [3.63, 3.8) is 0 Å². The standard InChI is InChI=1S/C28H32N2O5/c31-26(32)2-1-16-29-28(34)25(18-20-5-7-21(8-6-20)22-9-10-22)30-27(33)23-11-13-24(14-12-23)35-17-15-19-3-4-19/h5-8,11-14,18-19,22H,1-4,9-10,15-17H2,(H,29,34)(H,30,33)(H,31,32). The summed E-state index contributed by atoms with van der Waals surface area (Å²) >= 11 is 0. The number of benzene rings is 2. The number of carbonyl (C=O) groups excluding carboxylic acids is 2. The van der Waals surface area contributed by atoms with Crippen LogP contribution in [-0.2, 0) is 9.59 Å². The van der Waals surface area contributed by atoms with Crippen LogP contribution in [0.1, 0.15) is 72.3 Å². The normalized spacial score (nSPS) is 15.4. The minimum Gasteiger partial charge on any atom is -0.494 e. The molecule has 0 bridgehead atoms. The van der Waals surface area contributed by atoms with Gasteiger partial charge < -0.3 is 20.5 Å². The predicted molar refractivity (Wildman–Crippen MR) is 133 cm³/mol. The summed E-state index contributed by atoms with van der Waals surface area (Å²) in [6.45, 7) is 0.872. The maximum Gasteiger partial charge on any atom is 0.303 e. The van der Waals surface area contributed by atoms with Crippen molar-refractivity contribution in [1.82, 2.24) is 10.6 Å². The van der Waals surface area contributed by atoms with Crippen LogP contribution in [0.5, 0.6) is 5.75 Å². The molecule has 7 heteroatoms. The van der Waals surface area contributed by atoms with E-state index in [4.69, 9.17) is 9.84 Å². The van der Waals surface area contributed by atoms with Gasteiger partial charge in [-0.1, -0.05) is 37.1 Å². The molecule has 2 fully saturated rings. The van der Waals surface area contributed by atoms with Crippen LogP contribution in [0.4, 0.5) is 0 Å². The average molecular weight is 477 g/mol. The second-order valence-electron chi connectivity index (χ2n) is 9.31. The largest absolute Gasteiger partial charge is 0.494 e. The van der Waals surface area contributed by atoms with E-state index in [-0.39, 0.29) is 18.7 Å². The van der Waals surface area contributed by atoms with Crippen molar-refractivity contribution in [3.05, 3.63) is 70.9 Å². The van der Waals surface area contributed by atoms with Crippen molar-refractivity contribution in [2.45, 2.75) is 50.9 Å². The third-order valence-electron chi connectivity index (χ3n) is 6.25. The highest BCUT2D eigenvalue weighted by Gasteiger charge is 2.23. The summed E-state index contributed by atoms with van der Waals surface area (Å²) in [6.07, 6.45) is 7.95. The maximum atomic E-state index is 12.9. The molecule has 2 aliphatic rings. The van der Waals surface area contributed by atoms with Gasteiger partial charge in [0.05, 0.1) is 6.61 Å². The van der Waals surface area contributed by atoms with Crippen LogP contribution in [0.2, 0.25) is 0 Å². The third kappa shape index (κ3) is 7.98. The molecular weight excluding hydrogens is 444 g/mol. The molecule has 2 amide bonds. The van der Waals surface area contributed by atoms with Crippen molar-refractivity contribution in [2.75, 3.05) is 13.2 Å². The molecule has 2 saturated carbocycles. The predicted octanol–water partition coefficient (Wildman–Crippen LogP) is 4.49. The molecule has 2 aromatic carbocycles. The van der Waals surface area contributed by atoms with Crippen LogP contribution >= 0.6 is 0 Å². The lowest BCUT2D eigenvalue weighted by atomic mass is 10.1. The molecule has 35 heavy (non-hydrogen) atoms. The lowest BCUT2D eigenvalue weighted by Gasteiger charge is -2.12. The fourth-order valence-corrected chi connectivity index (χ4v) is 3.79. The molecule has 0 unspecified atom stereocenters. The highest BCUT2D eigenvalue weighted by atomic mass is 16.5. The Labute approximate surface area is 205 Å². The van der Waals surface area contributed by atoms with Gasteiger partial charge in [0.1, 0.15) is 11.4 Å². The third-order valence-corrected chi connectivity index (χ3v) is 6.25. The van der Waals surface area contributed by atoms with Gasteiger partial charge in [0.25, 0.3) is 11.8 Å². The molecule has 3 N–H and O–H groups in total. The van der Waals surface area contributed by atoms with Gasteiger partial charge in [0.2, 0.25) is 0 Å². The molecule has 0 aliphatic heterocycles. The summed E-state index contributed by atoms with van der Waals surface area (Å²) < 4.78 is 5.74. The Morgan fingerprint density at radius 2 is 1.69 bits per heavy atom. The zero-order valence-corrected chi connectivity index (χ0v) is 19.8. The molecule has 0 saturated heterocycles. The molecule has 0 radical (unpaired) electrons. The second kappa shape index (κ2) is 11.7. The molecular formula is C28H32N2O5. The van der Waals surface area contributed by atoms with E-state index in [1.807, 2.05) is 12.1 Å². The topological polar surface area (TPSA) is 105 Å². The molecule has 0 aromatic heterocycles. The highest BCUT2D eigenvalue weighted by molar-refractivity contribution is 6.05. The molecule has 0 spiro atoms. The van der Waals surface area contributed by atoms with E-state index in [1.54, 1.807) is 30.3 Å². The van der Waals surface area contributed by atoms with Crippen molar-refractivity contribution in [2.24, 2.45) is 5.92 Å². The van der Waals surface area contributed by atoms with Crippen LogP contribution in [0, 0.1) is 5.92 Å². The summed E-state index contributed by atoms with van der Waals surface area (Å²) in [7, 11) is 0. The first-order chi connectivity index (χ1) is 17.0. The van der Waals surface area contributed by atoms with Crippen LogP contribution in [-0.4, -0.2) is 36.0 Å². The summed E-state index contributed by atoms with van der Waals surface area (Å²) in [5.74, 6) is 0.353. The minimum absolute atomic E-state index is 0.0383. The SMILES string of the molecule is O=C(O)CCCNC(=O)C(=Cc1ccc(C2CC2)cc1)NC(=O)c1ccc(OCCC2CC2)cc1. The quantitative estimate of drug-likeness (QED) is 0.292. The van der Waals surface area contributed by atoms with Crippen molar-refractivity contribution < 1.29 is 24.2 Å². The Hall–Kier alpha value is -3.61. The number of nitrogens with one attached hydrogen (secondary N) is 2. The second-order valence-corrected chi connectivity index (χ2v) is 9.31. The number of rotatable bonds is 13. The number of carboxylic acid groups (broad SMARTS) is 1. The van der Waals surface area contributed by atoms with Gasteiger partial charge in [-0.2, -0.15) is 0 Å². The minimum atomic E-state index is -0.918. The maximum absolute atomic E-state index is 12.9. The number of hydrogen-bond acceptors (Lipinski definition) is 4. The van der Waals surface area contributed by atoms with Gasteiger partial charge in [0.15, 0.2) is 0 Å². The molecule has 0 atom stereocenters. The summed E-state index contributed by atoms with van der Waals surface area (Å²) in [6, 6.07) is 14.8. The molecule has 4 rings (SSSR count). The van der Waals surface area contributed by atoms with Crippen molar-refractivity contribution in [1.29, 1.82) is 0 Å². The van der Waals surface area contributed by atoms with E-state index in [1.165, 1.54) is 31.2 Å². The van der Waals surface area contributed by atoms with Crippen LogP contribution < -0.4 is 15.4 Å². The molecule has 184 valence electrons. The monoisotopic (exact) mass is 476 g/mol. The number of ether oxygens (including phenoxy) is 1. The zero-order chi connectivity index (χ0) is 24.6. The first kappa shape index (κ1) is 24.5. The summed E-state index contributed by atoms with van der Waals surface area (Å²) in [4.78, 5) is 36.4. The Morgan fingerprint density at radius 3 is 2.31 bits per heavy atom. The Bertz CT molecular complexity index is 1070. The van der Waals surface area contributed by atoms with Crippen molar-refractivity contribution >= 4 is 23.9 Å². The number of carboxylic acids is 1. The summed E-state index contributed by atoms with van der Waals surface area (Å²) in [5, 5.41) is 14.2. The number of hydrogen-bond donors (Lipinski definition) is 3. The highest BCUT2D eigenvalue weighted by Crippen LogP contribution is 2.40. The van der Waals surface area contributed by atoms with Gasteiger partial charge in [-0.05, 0) is 79.0 Å². The molecule has 0 heterocycles. The number of carbonyl (C=O) groups is 3. The van der Waals surface area contributed by atoms with Gasteiger partial charge in [0, 0.05) is 18.5 Å². The zero-order valence-electron chi connectivity index (χ0n) is 19.8. The smallest absolute Gasteiger partial charge is 0.303 e. The first-order valence-electron chi connectivity index (χ1n) is 12.3. The average Bonchev–Trinajstić information content (AvgIpc) is 3.76. The Balaban J connectivity index is 1.40. The lowest BCUT2D eigenvalue weighted by molar-refractivity contribution is -0.137. The number of amides is 2. The molecule has 2 aromatic rings. The van der Waals surface area contributed by atoms with E-state index in [9.17, 15) is 14.4 Å². The fraction of sp³-hybridized carbons (Fsp3) is 0.393. The molecule has 7 nitrogen and oxygen atoms in total. The number of aliphatic carboxylic acids is 1. The van der Waals surface area contributed by atoms with Crippen molar-refractivity contribution in [3.8, 4) is 5.75 Å². The molecule has 2 aliphatic carbocycles. The van der Waals surface area contributed by atoms with Gasteiger partial charge >= 0.3 is 5.97 Å². The van der Waals surface area contributed by atoms with Crippen LogP contribution in [0.25, 0.3) is 6.08 Å². The first-order valence-corrected chi connectivity index (χ1v) is 12.3. The van der Waals surface area contributed by atoms with Gasteiger partial charge in [-0.25, -0.2) is 0 Å². The van der Waals surface area contributed by atoms with Crippen LogP contribution in [0.15, 0.2) is 54.2 Å². The van der Waals surface area contributed by atoms with Gasteiger partial charge in [-0.15, -0.1) is 0 Å². The van der Waals surface area contributed by atoms with E-state index in [2.05, 4.69) is 22.8 Å². The van der Waals surface area contributed by atoms with E-state index < -0.39 is 17.8 Å². The van der Waals surface area contributed by atoms with Crippen LogP contribution in [0.3, 0.4) is 0 Å². The van der Waals surface area contributed by atoms with E-state index in [0.29, 0.717) is 30.3 Å².